The molecule has 0 radical (unpaired) electrons. The van der Waals surface area contributed by atoms with Crippen LogP contribution in [0.2, 0.25) is 0 Å². The van der Waals surface area contributed by atoms with Crippen LogP contribution < -0.4 is 10.2 Å². The second-order valence-corrected chi connectivity index (χ2v) is 5.43. The first-order valence-corrected chi connectivity index (χ1v) is 6.83. The summed E-state index contributed by atoms with van der Waals surface area (Å²) in [6.07, 6.45) is 5.70. The van der Waals surface area contributed by atoms with E-state index in [4.69, 9.17) is 0 Å². The number of anilines is 1. The third-order valence-electron chi connectivity index (χ3n) is 3.90. The first-order valence-electron chi connectivity index (χ1n) is 6.83. The van der Waals surface area contributed by atoms with Crippen molar-refractivity contribution in [1.29, 1.82) is 0 Å². The van der Waals surface area contributed by atoms with Gasteiger partial charge in [-0.1, -0.05) is 6.08 Å². The first-order chi connectivity index (χ1) is 9.16. The number of aryl methyl sites for hydroxylation is 1. The predicted molar refractivity (Wildman–Crippen MR) is 82.7 cm³/mol. The Labute approximate surface area is 114 Å². The summed E-state index contributed by atoms with van der Waals surface area (Å²) in [6.45, 7) is 2.06. The van der Waals surface area contributed by atoms with E-state index in [9.17, 15) is 0 Å². The molecule has 0 aliphatic carbocycles. The van der Waals surface area contributed by atoms with Gasteiger partial charge in [-0.15, -0.1) is 0 Å². The van der Waals surface area contributed by atoms with E-state index in [1.807, 2.05) is 0 Å². The van der Waals surface area contributed by atoms with Crippen LogP contribution in [0.4, 0.5) is 5.69 Å². The molecule has 0 fully saturated rings. The highest BCUT2D eigenvalue weighted by atomic mass is 15.1. The Hall–Kier alpha value is -1.74. The van der Waals surface area contributed by atoms with Crippen molar-refractivity contribution in [3.8, 4) is 0 Å². The van der Waals surface area contributed by atoms with Crippen molar-refractivity contribution >= 4 is 22.2 Å². The average Bonchev–Trinajstić information content (AvgIpc) is 2.77. The minimum atomic E-state index is 0.985. The van der Waals surface area contributed by atoms with E-state index < -0.39 is 0 Å². The zero-order valence-electron chi connectivity index (χ0n) is 11.9. The van der Waals surface area contributed by atoms with Gasteiger partial charge in [0.2, 0.25) is 0 Å². The van der Waals surface area contributed by atoms with E-state index in [1.165, 1.54) is 27.7 Å². The van der Waals surface area contributed by atoms with E-state index >= 15 is 0 Å². The summed E-state index contributed by atoms with van der Waals surface area (Å²) in [5, 5.41) is 4.74. The van der Waals surface area contributed by atoms with Crippen LogP contribution in [0.25, 0.3) is 16.5 Å². The van der Waals surface area contributed by atoms with Crippen molar-refractivity contribution in [3.63, 3.8) is 0 Å². The molecule has 100 valence electrons. The van der Waals surface area contributed by atoms with Crippen molar-refractivity contribution in [2.45, 2.75) is 6.42 Å². The molecule has 0 spiro atoms. The van der Waals surface area contributed by atoms with Crippen LogP contribution in [0.3, 0.4) is 0 Å². The van der Waals surface area contributed by atoms with Gasteiger partial charge in [-0.3, -0.25) is 0 Å². The Bertz CT molecular complexity index is 635. The number of rotatable bonds is 2. The Morgan fingerprint density at radius 2 is 2.11 bits per heavy atom. The molecule has 0 atom stereocenters. The lowest BCUT2D eigenvalue weighted by Crippen LogP contribution is -2.19. The highest BCUT2D eigenvalue weighted by molar-refractivity contribution is 5.95. The summed E-state index contributed by atoms with van der Waals surface area (Å²) in [7, 11) is 6.31. The summed E-state index contributed by atoms with van der Waals surface area (Å²) in [5.74, 6) is 0. The largest absolute Gasteiger partial charge is 0.378 e. The molecule has 3 rings (SSSR count). The molecule has 19 heavy (non-hydrogen) atoms. The Morgan fingerprint density at radius 3 is 2.79 bits per heavy atom. The van der Waals surface area contributed by atoms with Gasteiger partial charge in [0.25, 0.3) is 0 Å². The van der Waals surface area contributed by atoms with Crippen molar-refractivity contribution in [1.82, 2.24) is 9.88 Å². The lowest BCUT2D eigenvalue weighted by atomic mass is 9.99. The second kappa shape index (κ2) is 4.74. The molecule has 3 heteroatoms. The van der Waals surface area contributed by atoms with Crippen LogP contribution in [-0.2, 0) is 7.05 Å². The van der Waals surface area contributed by atoms with E-state index in [0.717, 1.165) is 19.5 Å². The zero-order valence-corrected chi connectivity index (χ0v) is 11.9. The van der Waals surface area contributed by atoms with Gasteiger partial charge in [-0.25, -0.2) is 0 Å². The smallest absolute Gasteiger partial charge is 0.0485 e. The maximum absolute atomic E-state index is 3.38. The van der Waals surface area contributed by atoms with Crippen LogP contribution in [0.15, 0.2) is 30.5 Å². The monoisotopic (exact) mass is 255 g/mol. The molecule has 2 heterocycles. The van der Waals surface area contributed by atoms with E-state index in [2.05, 4.69) is 66.4 Å². The third-order valence-corrected chi connectivity index (χ3v) is 3.90. The van der Waals surface area contributed by atoms with Gasteiger partial charge >= 0.3 is 0 Å². The molecular formula is C16H21N3. The summed E-state index contributed by atoms with van der Waals surface area (Å²) >= 11 is 0. The quantitative estimate of drug-likeness (QED) is 0.890. The maximum atomic E-state index is 3.38. The topological polar surface area (TPSA) is 20.2 Å². The molecule has 0 saturated carbocycles. The lowest BCUT2D eigenvalue weighted by molar-refractivity contribution is 0.738. The van der Waals surface area contributed by atoms with Crippen molar-refractivity contribution in [2.24, 2.45) is 7.05 Å². The molecule has 1 aliphatic rings. The molecule has 2 aromatic rings. The van der Waals surface area contributed by atoms with Gasteiger partial charge in [0.15, 0.2) is 0 Å². The van der Waals surface area contributed by atoms with Crippen LogP contribution in [0, 0.1) is 0 Å². The minimum absolute atomic E-state index is 0.985. The number of fused-ring (bicyclic) bond motifs is 1. The molecular weight excluding hydrogens is 234 g/mol. The average molecular weight is 255 g/mol. The second-order valence-electron chi connectivity index (χ2n) is 5.43. The molecule has 1 N–H and O–H groups in total. The molecule has 0 saturated heterocycles. The number of hydrogen-bond acceptors (Lipinski definition) is 2. The SMILES string of the molecule is CN(C)c1ccc2c(c1)c(C1=CCNCC1)cn2C. The van der Waals surface area contributed by atoms with Gasteiger partial charge in [0, 0.05) is 56.0 Å². The van der Waals surface area contributed by atoms with Crippen LogP contribution in [0.1, 0.15) is 12.0 Å². The van der Waals surface area contributed by atoms with Crippen molar-refractivity contribution < 1.29 is 0 Å². The van der Waals surface area contributed by atoms with Gasteiger partial charge in [-0.2, -0.15) is 0 Å². The fourth-order valence-corrected chi connectivity index (χ4v) is 2.78. The van der Waals surface area contributed by atoms with Crippen LogP contribution in [-0.4, -0.2) is 31.8 Å². The molecule has 3 nitrogen and oxygen atoms in total. The summed E-state index contributed by atoms with van der Waals surface area (Å²) in [6, 6.07) is 6.70. The van der Waals surface area contributed by atoms with Gasteiger partial charge in [-0.05, 0) is 36.7 Å². The Balaban J connectivity index is 2.18. The molecule has 0 amide bonds. The Morgan fingerprint density at radius 1 is 1.26 bits per heavy atom. The van der Waals surface area contributed by atoms with Crippen LogP contribution in [0.5, 0.6) is 0 Å². The highest BCUT2D eigenvalue weighted by Crippen LogP contribution is 2.31. The number of nitrogens with zero attached hydrogens (tertiary/aromatic N) is 2. The fraction of sp³-hybridized carbons (Fsp3) is 0.375. The molecule has 1 aliphatic heterocycles. The molecule has 0 bridgehead atoms. The standard InChI is InChI=1S/C16H21N3/c1-18(2)13-4-5-16-14(10-13)15(11-19(16)3)12-6-8-17-9-7-12/h4-6,10-11,17H,7-9H2,1-3H3. The summed E-state index contributed by atoms with van der Waals surface area (Å²) < 4.78 is 2.23. The molecule has 0 unspecified atom stereocenters. The minimum Gasteiger partial charge on any atom is -0.378 e. The number of nitrogens with one attached hydrogen (secondary N) is 1. The summed E-state index contributed by atoms with van der Waals surface area (Å²) in [5.41, 5.74) is 5.43. The maximum Gasteiger partial charge on any atom is 0.0485 e. The number of hydrogen-bond donors (Lipinski definition) is 1. The van der Waals surface area contributed by atoms with E-state index in [-0.39, 0.29) is 0 Å². The van der Waals surface area contributed by atoms with E-state index in [1.54, 1.807) is 0 Å². The van der Waals surface area contributed by atoms with Gasteiger partial charge in [0.05, 0.1) is 0 Å². The predicted octanol–water partition coefficient (Wildman–Crippen LogP) is 2.62. The van der Waals surface area contributed by atoms with Crippen molar-refractivity contribution in [2.75, 3.05) is 32.1 Å². The molecule has 1 aromatic carbocycles. The van der Waals surface area contributed by atoms with Gasteiger partial charge in [0.1, 0.15) is 0 Å². The lowest BCUT2D eigenvalue weighted by Gasteiger charge is -2.15. The number of benzene rings is 1. The van der Waals surface area contributed by atoms with Crippen molar-refractivity contribution in [3.05, 3.63) is 36.0 Å². The highest BCUT2D eigenvalue weighted by Gasteiger charge is 2.13. The zero-order chi connectivity index (χ0) is 13.4. The van der Waals surface area contributed by atoms with E-state index in [0.29, 0.717) is 0 Å². The normalized spacial score (nSPS) is 15.6. The number of aromatic nitrogens is 1. The molecule has 1 aromatic heterocycles. The third kappa shape index (κ3) is 2.15. The van der Waals surface area contributed by atoms with Gasteiger partial charge < -0.3 is 14.8 Å². The first kappa shape index (κ1) is 12.3. The fourth-order valence-electron chi connectivity index (χ4n) is 2.78. The summed E-state index contributed by atoms with van der Waals surface area (Å²) in [4.78, 5) is 2.16. The van der Waals surface area contributed by atoms with Crippen LogP contribution >= 0.6 is 0 Å². The Kier molecular flexibility index (Phi) is 3.07.